The Morgan fingerprint density at radius 2 is 1.89 bits per heavy atom. The third kappa shape index (κ3) is 2.27. The molecule has 0 saturated heterocycles. The maximum absolute atomic E-state index is 12.3. The number of carbonyl (C=O) groups is 1. The van der Waals surface area contributed by atoms with Gasteiger partial charge in [-0.1, -0.05) is 24.3 Å². The van der Waals surface area contributed by atoms with Crippen molar-refractivity contribution in [2.45, 2.75) is 13.0 Å². The molecule has 96 valence electrons. The maximum Gasteiger partial charge on any atom is 0.274 e. The molecule has 1 aromatic heterocycles. The van der Waals surface area contributed by atoms with Crippen molar-refractivity contribution >= 4 is 11.7 Å². The summed E-state index contributed by atoms with van der Waals surface area (Å²) in [7, 11) is 0. The summed E-state index contributed by atoms with van der Waals surface area (Å²) in [5, 5.41) is 7.56. The van der Waals surface area contributed by atoms with E-state index < -0.39 is 0 Å². The van der Waals surface area contributed by atoms with Crippen molar-refractivity contribution in [1.29, 1.82) is 0 Å². The number of benzene rings is 1. The van der Waals surface area contributed by atoms with Gasteiger partial charge in [-0.15, -0.1) is 10.2 Å². The number of fused-ring (bicyclic) bond motifs is 1. The standard InChI is InChI=1S/C14H14N4O/c15-13-6-5-12(16-17-13)14(19)18-8-7-10-3-1-2-4-11(10)9-18/h1-6H,7-9H2,(H2,15,17). The third-order valence-corrected chi connectivity index (χ3v) is 3.32. The lowest BCUT2D eigenvalue weighted by Crippen LogP contribution is -2.36. The van der Waals surface area contributed by atoms with Crippen LogP contribution in [0.3, 0.4) is 0 Å². The first kappa shape index (κ1) is 11.6. The first-order valence-electron chi connectivity index (χ1n) is 6.19. The predicted octanol–water partition coefficient (Wildman–Crippen LogP) is 1.26. The Morgan fingerprint density at radius 3 is 2.63 bits per heavy atom. The van der Waals surface area contributed by atoms with E-state index in [2.05, 4.69) is 22.3 Å². The Bertz CT molecular complexity index is 609. The molecule has 3 rings (SSSR count). The zero-order valence-electron chi connectivity index (χ0n) is 10.4. The van der Waals surface area contributed by atoms with Crippen LogP contribution in [0.4, 0.5) is 5.82 Å². The molecule has 1 aliphatic heterocycles. The van der Waals surface area contributed by atoms with Crippen LogP contribution < -0.4 is 5.73 Å². The molecule has 19 heavy (non-hydrogen) atoms. The fourth-order valence-corrected chi connectivity index (χ4v) is 2.29. The minimum atomic E-state index is -0.0954. The summed E-state index contributed by atoms with van der Waals surface area (Å²) in [6.07, 6.45) is 0.879. The number of rotatable bonds is 1. The van der Waals surface area contributed by atoms with E-state index in [1.807, 2.05) is 12.1 Å². The normalized spacial score (nSPS) is 14.0. The SMILES string of the molecule is Nc1ccc(C(=O)N2CCc3ccccc3C2)nn1. The number of hydrogen-bond donors (Lipinski definition) is 1. The summed E-state index contributed by atoms with van der Waals surface area (Å²) >= 11 is 0. The van der Waals surface area contributed by atoms with Crippen LogP contribution in [0.15, 0.2) is 36.4 Å². The number of aromatic nitrogens is 2. The van der Waals surface area contributed by atoms with Gasteiger partial charge in [-0.05, 0) is 29.7 Å². The van der Waals surface area contributed by atoms with Gasteiger partial charge >= 0.3 is 0 Å². The van der Waals surface area contributed by atoms with Gasteiger partial charge in [0.05, 0.1) is 0 Å². The highest BCUT2D eigenvalue weighted by Crippen LogP contribution is 2.19. The molecule has 2 N–H and O–H groups in total. The second-order valence-electron chi connectivity index (χ2n) is 4.59. The molecule has 0 spiro atoms. The molecule has 0 aliphatic carbocycles. The first-order chi connectivity index (χ1) is 9.24. The summed E-state index contributed by atoms with van der Waals surface area (Å²) < 4.78 is 0. The minimum absolute atomic E-state index is 0.0954. The predicted molar refractivity (Wildman–Crippen MR) is 71.3 cm³/mol. The largest absolute Gasteiger partial charge is 0.382 e. The molecule has 2 aromatic rings. The quantitative estimate of drug-likeness (QED) is 0.831. The zero-order chi connectivity index (χ0) is 13.2. The maximum atomic E-state index is 12.3. The van der Waals surface area contributed by atoms with Crippen molar-refractivity contribution < 1.29 is 4.79 Å². The van der Waals surface area contributed by atoms with Crippen LogP contribution >= 0.6 is 0 Å². The monoisotopic (exact) mass is 254 g/mol. The second-order valence-corrected chi connectivity index (χ2v) is 4.59. The van der Waals surface area contributed by atoms with Crippen molar-refractivity contribution in [2.24, 2.45) is 0 Å². The molecule has 2 heterocycles. The molecule has 0 unspecified atom stereocenters. The third-order valence-electron chi connectivity index (χ3n) is 3.32. The summed E-state index contributed by atoms with van der Waals surface area (Å²) in [6.45, 7) is 1.34. The van der Waals surface area contributed by atoms with Crippen molar-refractivity contribution in [2.75, 3.05) is 12.3 Å². The lowest BCUT2D eigenvalue weighted by atomic mass is 10.00. The molecule has 1 aromatic carbocycles. The number of anilines is 1. The number of carbonyl (C=O) groups excluding carboxylic acids is 1. The smallest absolute Gasteiger partial charge is 0.274 e. The molecular formula is C14H14N4O. The van der Waals surface area contributed by atoms with Gasteiger partial charge in [0, 0.05) is 13.1 Å². The number of hydrogen-bond acceptors (Lipinski definition) is 4. The summed E-state index contributed by atoms with van der Waals surface area (Å²) in [5.74, 6) is 0.225. The molecule has 0 bridgehead atoms. The van der Waals surface area contributed by atoms with Crippen molar-refractivity contribution in [3.63, 3.8) is 0 Å². The average molecular weight is 254 g/mol. The molecule has 1 amide bonds. The number of nitrogens with two attached hydrogens (primary N) is 1. The van der Waals surface area contributed by atoms with E-state index in [1.54, 1.807) is 17.0 Å². The Kier molecular flexibility index (Phi) is 2.87. The molecule has 0 atom stereocenters. The highest BCUT2D eigenvalue weighted by atomic mass is 16.2. The van der Waals surface area contributed by atoms with E-state index in [9.17, 15) is 4.79 Å². The van der Waals surface area contributed by atoms with Crippen molar-refractivity contribution in [3.05, 3.63) is 53.2 Å². The van der Waals surface area contributed by atoms with Crippen LogP contribution in [0, 0.1) is 0 Å². The molecule has 0 fully saturated rings. The van der Waals surface area contributed by atoms with Gasteiger partial charge in [0.25, 0.3) is 5.91 Å². The highest BCUT2D eigenvalue weighted by molar-refractivity contribution is 5.92. The Labute approximate surface area is 111 Å². The highest BCUT2D eigenvalue weighted by Gasteiger charge is 2.22. The average Bonchev–Trinajstić information content (AvgIpc) is 2.47. The van der Waals surface area contributed by atoms with E-state index in [4.69, 9.17) is 5.73 Å². The van der Waals surface area contributed by atoms with Crippen LogP contribution in [0.5, 0.6) is 0 Å². The van der Waals surface area contributed by atoms with Gasteiger partial charge in [-0.3, -0.25) is 4.79 Å². The van der Waals surface area contributed by atoms with E-state index in [-0.39, 0.29) is 5.91 Å². The van der Waals surface area contributed by atoms with E-state index >= 15 is 0 Å². The Morgan fingerprint density at radius 1 is 1.11 bits per heavy atom. The minimum Gasteiger partial charge on any atom is -0.382 e. The summed E-state index contributed by atoms with van der Waals surface area (Å²) in [6, 6.07) is 11.4. The van der Waals surface area contributed by atoms with Crippen molar-refractivity contribution in [3.8, 4) is 0 Å². The fraction of sp³-hybridized carbons (Fsp3) is 0.214. The van der Waals surface area contributed by atoms with Crippen molar-refractivity contribution in [1.82, 2.24) is 15.1 Å². The lowest BCUT2D eigenvalue weighted by molar-refractivity contribution is 0.0727. The van der Waals surface area contributed by atoms with Gasteiger partial charge < -0.3 is 10.6 Å². The Hall–Kier alpha value is -2.43. The van der Waals surface area contributed by atoms with Crippen LogP contribution in [-0.4, -0.2) is 27.5 Å². The van der Waals surface area contributed by atoms with Gasteiger partial charge in [0.2, 0.25) is 0 Å². The van der Waals surface area contributed by atoms with E-state index in [0.29, 0.717) is 24.6 Å². The first-order valence-corrected chi connectivity index (χ1v) is 6.19. The molecular weight excluding hydrogens is 240 g/mol. The zero-order valence-corrected chi connectivity index (χ0v) is 10.4. The number of nitrogen functional groups attached to an aromatic ring is 1. The second kappa shape index (κ2) is 4.68. The summed E-state index contributed by atoms with van der Waals surface area (Å²) in [4.78, 5) is 14.1. The van der Waals surface area contributed by atoms with Gasteiger partial charge in [-0.2, -0.15) is 0 Å². The van der Waals surface area contributed by atoms with E-state index in [0.717, 1.165) is 6.42 Å². The summed E-state index contributed by atoms with van der Waals surface area (Å²) in [5.41, 5.74) is 8.33. The number of nitrogens with zero attached hydrogens (tertiary/aromatic N) is 3. The molecule has 0 radical (unpaired) electrons. The lowest BCUT2D eigenvalue weighted by Gasteiger charge is -2.28. The molecule has 1 aliphatic rings. The molecule has 5 nitrogen and oxygen atoms in total. The van der Waals surface area contributed by atoms with Crippen LogP contribution in [0.25, 0.3) is 0 Å². The van der Waals surface area contributed by atoms with Crippen LogP contribution in [0.2, 0.25) is 0 Å². The Balaban J connectivity index is 1.81. The van der Waals surface area contributed by atoms with Gasteiger partial charge in [0.1, 0.15) is 5.82 Å². The van der Waals surface area contributed by atoms with Crippen LogP contribution in [0.1, 0.15) is 21.6 Å². The molecule has 0 saturated carbocycles. The fourth-order valence-electron chi connectivity index (χ4n) is 2.29. The van der Waals surface area contributed by atoms with Gasteiger partial charge in [0.15, 0.2) is 5.69 Å². The topological polar surface area (TPSA) is 72.1 Å². The van der Waals surface area contributed by atoms with E-state index in [1.165, 1.54) is 11.1 Å². The van der Waals surface area contributed by atoms with Gasteiger partial charge in [-0.25, -0.2) is 0 Å². The number of amides is 1. The molecule has 5 heteroatoms. The van der Waals surface area contributed by atoms with Crippen LogP contribution in [-0.2, 0) is 13.0 Å².